The maximum Gasteiger partial charge on any atom is 0.245 e. The fourth-order valence-electron chi connectivity index (χ4n) is 4.46. The number of hydrogen-bond acceptors (Lipinski definition) is 4. The molecule has 1 aliphatic rings. The van der Waals surface area contributed by atoms with Crippen LogP contribution in [0.5, 0.6) is 5.75 Å². The van der Waals surface area contributed by atoms with E-state index in [9.17, 15) is 8.42 Å². The lowest BCUT2D eigenvalue weighted by Crippen LogP contribution is -2.43. The Morgan fingerprint density at radius 2 is 2.05 bits per heavy atom. The average Bonchev–Trinajstić information content (AvgIpc) is 3.30. The summed E-state index contributed by atoms with van der Waals surface area (Å²) in [5.41, 5.74) is 3.60. The summed E-state index contributed by atoms with van der Waals surface area (Å²) in [5, 5.41) is 4.57. The van der Waals surface area contributed by atoms with E-state index in [-0.39, 0.29) is 10.8 Å². The van der Waals surface area contributed by atoms with E-state index in [1.807, 2.05) is 56.3 Å². The highest BCUT2D eigenvalue weighted by atomic mass is 35.5. The highest BCUT2D eigenvalue weighted by Crippen LogP contribution is 2.25. The molecule has 1 saturated heterocycles. The number of nitrogens with zero attached hydrogens (tertiary/aromatic N) is 1. The van der Waals surface area contributed by atoms with Gasteiger partial charge >= 0.3 is 0 Å². The first-order valence-electron chi connectivity index (χ1n) is 12.4. The molecule has 0 saturated carbocycles. The van der Waals surface area contributed by atoms with Crippen molar-refractivity contribution in [3.8, 4) is 5.75 Å². The maximum absolute atomic E-state index is 14.0. The van der Waals surface area contributed by atoms with E-state index in [1.165, 1.54) is 5.54 Å². The molecule has 1 aromatic carbocycles. The van der Waals surface area contributed by atoms with E-state index in [2.05, 4.69) is 23.5 Å². The average molecular weight is 542 g/mol. The molecular weight excluding hydrogens is 506 g/mol. The summed E-state index contributed by atoms with van der Waals surface area (Å²) in [4.78, 5) is 3.49. The van der Waals surface area contributed by atoms with Gasteiger partial charge in [-0.05, 0) is 51.0 Å². The van der Waals surface area contributed by atoms with Crippen molar-refractivity contribution in [1.29, 1.82) is 0 Å². The van der Waals surface area contributed by atoms with Gasteiger partial charge in [-0.25, -0.2) is 8.42 Å². The number of H-pyrrole nitrogens is 1. The minimum absolute atomic E-state index is 0.103. The Morgan fingerprint density at radius 3 is 2.70 bits per heavy atom. The summed E-state index contributed by atoms with van der Waals surface area (Å²) in [6, 6.07) is 9.60. The number of para-hydroxylation sites is 1. The molecule has 1 aromatic heterocycles. The summed E-state index contributed by atoms with van der Waals surface area (Å²) in [5.74, 6) is 0.890. The first kappa shape index (κ1) is 28.6. The Kier molecular flexibility index (Phi) is 10.4. The van der Waals surface area contributed by atoms with Crippen molar-refractivity contribution in [2.75, 3.05) is 26.2 Å². The number of sulfonamides is 1. The molecule has 0 spiro atoms. The minimum Gasteiger partial charge on any atom is -0.493 e. The largest absolute Gasteiger partial charge is 0.493 e. The van der Waals surface area contributed by atoms with Crippen LogP contribution in [0.25, 0.3) is 17.8 Å². The van der Waals surface area contributed by atoms with Crippen LogP contribution in [0, 0.1) is 5.92 Å². The normalized spacial score (nSPS) is 18.6. The van der Waals surface area contributed by atoms with Crippen LogP contribution in [0.15, 0.2) is 77.7 Å². The van der Waals surface area contributed by atoms with Crippen LogP contribution in [0.3, 0.4) is 0 Å². The first-order chi connectivity index (χ1) is 17.8. The summed E-state index contributed by atoms with van der Waals surface area (Å²) in [6.07, 6.45) is 10.4. The van der Waals surface area contributed by atoms with Crippen molar-refractivity contribution >= 4 is 39.5 Å². The molecule has 6 nitrogen and oxygen atoms in total. The molecule has 1 aliphatic heterocycles. The zero-order chi connectivity index (χ0) is 26.8. The van der Waals surface area contributed by atoms with Crippen molar-refractivity contribution in [2.24, 2.45) is 5.92 Å². The molecule has 8 heteroatoms. The number of ether oxygens (including phenoxy) is 1. The van der Waals surface area contributed by atoms with Gasteiger partial charge in [-0.15, -0.1) is 0 Å². The fraction of sp³-hybridized carbons (Fsp3) is 0.310. The number of piperidine rings is 1. The van der Waals surface area contributed by atoms with Gasteiger partial charge in [0.05, 0.1) is 23.3 Å². The standard InChI is InChI=1S/C29H36ClN3O3S/c1-5-12-22(4)19-31-27(16-17-30)28-25(6-2)29(26(7-3)32-28)37(34,35)33-18-11-13-23(20-33)21-36-24-14-9-8-10-15-24/h5-10,12,14-17,23,31-32H,1,3,11,13,18-21H2,2,4H3/b17-16+,22-12+,25-6+,28-27-. The van der Waals surface area contributed by atoms with Gasteiger partial charge in [-0.3, -0.25) is 0 Å². The topological polar surface area (TPSA) is 74.4 Å². The molecule has 2 N–H and O–H groups in total. The molecule has 0 radical (unpaired) electrons. The van der Waals surface area contributed by atoms with E-state index < -0.39 is 10.0 Å². The van der Waals surface area contributed by atoms with E-state index in [0.717, 1.165) is 24.2 Å². The van der Waals surface area contributed by atoms with E-state index in [4.69, 9.17) is 16.3 Å². The van der Waals surface area contributed by atoms with Gasteiger partial charge in [0.15, 0.2) is 0 Å². The zero-order valence-corrected chi connectivity index (χ0v) is 23.1. The molecule has 0 bridgehead atoms. The maximum atomic E-state index is 14.0. The van der Waals surface area contributed by atoms with Gasteiger partial charge in [0, 0.05) is 36.3 Å². The fourth-order valence-corrected chi connectivity index (χ4v) is 6.53. The van der Waals surface area contributed by atoms with Crippen LogP contribution >= 0.6 is 11.6 Å². The van der Waals surface area contributed by atoms with E-state index in [0.29, 0.717) is 48.2 Å². The van der Waals surface area contributed by atoms with Crippen LogP contribution in [0.1, 0.15) is 32.4 Å². The SMILES string of the molecule is C=C/C=C(\C)CNC(/C=C/Cl)=c1\[nH]c(C=C)c(S(=O)(=O)N2CCCC(COc3ccccc3)C2)\c1=C\C. The number of benzene rings is 1. The number of rotatable bonds is 11. The number of halogens is 1. The molecule has 1 fully saturated rings. The lowest BCUT2D eigenvalue weighted by Gasteiger charge is -2.31. The third kappa shape index (κ3) is 7.06. The van der Waals surface area contributed by atoms with Crippen LogP contribution in [0.4, 0.5) is 0 Å². The first-order valence-corrected chi connectivity index (χ1v) is 14.2. The van der Waals surface area contributed by atoms with Gasteiger partial charge in [-0.2, -0.15) is 4.31 Å². The molecule has 2 heterocycles. The van der Waals surface area contributed by atoms with E-state index in [1.54, 1.807) is 22.5 Å². The van der Waals surface area contributed by atoms with Gasteiger partial charge < -0.3 is 15.0 Å². The molecule has 0 amide bonds. The molecule has 37 heavy (non-hydrogen) atoms. The lowest BCUT2D eigenvalue weighted by atomic mass is 10.0. The zero-order valence-electron chi connectivity index (χ0n) is 21.5. The molecule has 2 aromatic rings. The molecular formula is C29H36ClN3O3S. The summed E-state index contributed by atoms with van der Waals surface area (Å²) in [6.45, 7) is 13.3. The highest BCUT2D eigenvalue weighted by molar-refractivity contribution is 7.89. The third-order valence-corrected chi connectivity index (χ3v) is 8.37. The number of aromatic amines is 1. The van der Waals surface area contributed by atoms with Crippen LogP contribution in [-0.4, -0.2) is 43.9 Å². The van der Waals surface area contributed by atoms with Gasteiger partial charge in [0.2, 0.25) is 10.0 Å². The second-order valence-corrected chi connectivity index (χ2v) is 11.1. The van der Waals surface area contributed by atoms with Crippen LogP contribution in [0.2, 0.25) is 0 Å². The summed E-state index contributed by atoms with van der Waals surface area (Å²) < 4.78 is 35.5. The van der Waals surface area contributed by atoms with Crippen molar-refractivity contribution in [3.05, 3.63) is 89.1 Å². The Hall–Kier alpha value is -3.00. The second-order valence-electron chi connectivity index (χ2n) is 8.95. The number of aromatic nitrogens is 1. The lowest BCUT2D eigenvalue weighted by molar-refractivity contribution is 0.180. The minimum atomic E-state index is -3.81. The van der Waals surface area contributed by atoms with Crippen LogP contribution in [-0.2, 0) is 10.0 Å². The molecule has 1 unspecified atom stereocenters. The summed E-state index contributed by atoms with van der Waals surface area (Å²) in [7, 11) is -3.81. The van der Waals surface area contributed by atoms with Gasteiger partial charge in [-0.1, -0.05) is 66.8 Å². The monoisotopic (exact) mass is 541 g/mol. The third-order valence-electron chi connectivity index (χ3n) is 6.28. The summed E-state index contributed by atoms with van der Waals surface area (Å²) >= 11 is 5.95. The Labute approximate surface area is 225 Å². The van der Waals surface area contributed by atoms with Gasteiger partial charge in [0.1, 0.15) is 10.6 Å². The Bertz CT molecular complexity index is 1380. The van der Waals surface area contributed by atoms with Crippen molar-refractivity contribution < 1.29 is 13.2 Å². The highest BCUT2D eigenvalue weighted by Gasteiger charge is 2.33. The van der Waals surface area contributed by atoms with Gasteiger partial charge in [0.25, 0.3) is 0 Å². The molecule has 1 atom stereocenters. The number of hydrogen-bond donors (Lipinski definition) is 2. The predicted octanol–water partition coefficient (Wildman–Crippen LogP) is 4.52. The number of nitrogens with one attached hydrogen (secondary N) is 2. The smallest absolute Gasteiger partial charge is 0.245 e. The molecule has 0 aliphatic carbocycles. The predicted molar refractivity (Wildman–Crippen MR) is 154 cm³/mol. The molecule has 198 valence electrons. The van der Waals surface area contributed by atoms with Crippen molar-refractivity contribution in [3.63, 3.8) is 0 Å². The van der Waals surface area contributed by atoms with E-state index >= 15 is 0 Å². The van der Waals surface area contributed by atoms with Crippen molar-refractivity contribution in [1.82, 2.24) is 14.6 Å². The van der Waals surface area contributed by atoms with Crippen molar-refractivity contribution in [2.45, 2.75) is 31.6 Å². The van der Waals surface area contributed by atoms with Crippen LogP contribution < -0.4 is 20.6 Å². The molecule has 3 rings (SSSR count). The second kappa shape index (κ2) is 13.5. The number of allylic oxidation sites excluding steroid dienone is 2. The Balaban J connectivity index is 1.97. The Morgan fingerprint density at radius 1 is 1.30 bits per heavy atom. The quantitative estimate of drug-likeness (QED) is 0.410.